The molecule has 0 radical (unpaired) electrons. The largest absolute Gasteiger partial charge is 0.481 e. The molecule has 1 aliphatic heterocycles. The van der Waals surface area contributed by atoms with E-state index in [0.717, 1.165) is 12.8 Å². The first-order chi connectivity index (χ1) is 11.7. The number of carboxylic acid groups (broad SMARTS) is 1. The third-order valence-electron chi connectivity index (χ3n) is 8.84. The van der Waals surface area contributed by atoms with Gasteiger partial charge >= 0.3 is 11.9 Å². The van der Waals surface area contributed by atoms with Gasteiger partial charge in [-0.3, -0.25) is 9.59 Å². The van der Waals surface area contributed by atoms with Crippen LogP contribution in [0.15, 0.2) is 0 Å². The van der Waals surface area contributed by atoms with Gasteiger partial charge in [-0.05, 0) is 56.3 Å². The number of ether oxygens (including phenoxy) is 1. The minimum Gasteiger partial charge on any atom is -0.481 e. The Labute approximate surface area is 146 Å². The van der Waals surface area contributed by atoms with Crippen LogP contribution in [0, 0.1) is 40.4 Å². The van der Waals surface area contributed by atoms with E-state index in [1.807, 2.05) is 0 Å². The smallest absolute Gasteiger partial charge is 0.315 e. The Bertz CT molecular complexity index is 673. The van der Waals surface area contributed by atoms with Crippen LogP contribution in [0.2, 0.25) is 0 Å². The van der Waals surface area contributed by atoms with E-state index in [1.165, 1.54) is 0 Å². The van der Waals surface area contributed by atoms with Crippen molar-refractivity contribution in [2.24, 2.45) is 40.4 Å². The molecule has 3 N–H and O–H groups in total. The zero-order valence-electron chi connectivity index (χ0n) is 14.6. The predicted molar refractivity (Wildman–Crippen MR) is 85.2 cm³/mol. The van der Waals surface area contributed by atoms with Crippen molar-refractivity contribution in [3.63, 3.8) is 0 Å². The number of aliphatic hydroxyl groups is 2. The van der Waals surface area contributed by atoms with E-state index in [-0.39, 0.29) is 5.92 Å². The standard InChI is InChI=1S/C19H26O6/c1-8-6-18-7-9(8)5-10(20)13(18)19-4-3-11(21)17(2,16(24)25-19)14(19)12(18)15(22)23/h8-14,20-21H,3-7H2,1-2H3,(H,22,23)/t8-,9+,10-,11-,12+,13?,14+,17?,18+,19-/m0/s1. The molecule has 25 heavy (non-hydrogen) atoms. The van der Waals surface area contributed by atoms with Gasteiger partial charge in [0.2, 0.25) is 0 Å². The summed E-state index contributed by atoms with van der Waals surface area (Å²) >= 11 is 0. The number of carbonyl (C=O) groups excluding carboxylic acids is 1. The predicted octanol–water partition coefficient (Wildman–Crippen LogP) is 1.19. The van der Waals surface area contributed by atoms with Crippen LogP contribution < -0.4 is 0 Å². The lowest BCUT2D eigenvalue weighted by atomic mass is 9.59. The average Bonchev–Trinajstić information content (AvgIpc) is 2.99. The Balaban J connectivity index is 1.77. The van der Waals surface area contributed by atoms with E-state index in [9.17, 15) is 24.9 Å². The summed E-state index contributed by atoms with van der Waals surface area (Å²) in [5.41, 5.74) is -2.64. The first kappa shape index (κ1) is 16.1. The molecule has 6 nitrogen and oxygen atoms in total. The highest BCUT2D eigenvalue weighted by Crippen LogP contribution is 2.77. The lowest BCUT2D eigenvalue weighted by Crippen LogP contribution is -2.54. The minimum absolute atomic E-state index is 0.328. The van der Waals surface area contributed by atoms with E-state index in [0.29, 0.717) is 31.1 Å². The zero-order valence-corrected chi connectivity index (χ0v) is 14.6. The Morgan fingerprint density at radius 1 is 1.24 bits per heavy atom. The number of hydrogen-bond donors (Lipinski definition) is 3. The molecule has 5 rings (SSSR count). The molecule has 4 bridgehead atoms. The van der Waals surface area contributed by atoms with Crippen LogP contribution in [0.4, 0.5) is 0 Å². The van der Waals surface area contributed by atoms with Gasteiger partial charge in [0.1, 0.15) is 5.60 Å². The van der Waals surface area contributed by atoms with E-state index in [4.69, 9.17) is 4.74 Å². The van der Waals surface area contributed by atoms with Gasteiger partial charge in [0.05, 0.1) is 23.5 Å². The number of fused-ring (bicyclic) bond motifs is 1. The van der Waals surface area contributed by atoms with E-state index >= 15 is 0 Å². The lowest BCUT2D eigenvalue weighted by molar-refractivity contribution is -0.169. The number of carboxylic acids is 1. The van der Waals surface area contributed by atoms with Crippen molar-refractivity contribution in [1.29, 1.82) is 0 Å². The highest BCUT2D eigenvalue weighted by molar-refractivity contribution is 5.85. The lowest BCUT2D eigenvalue weighted by Gasteiger charge is -2.47. The quantitative estimate of drug-likeness (QED) is 0.614. The summed E-state index contributed by atoms with van der Waals surface area (Å²) in [6.07, 6.45) is 1.56. The summed E-state index contributed by atoms with van der Waals surface area (Å²) in [5, 5.41) is 31.8. The fourth-order valence-corrected chi connectivity index (χ4v) is 8.15. The van der Waals surface area contributed by atoms with Gasteiger partial charge in [0.25, 0.3) is 0 Å². The molecule has 4 saturated carbocycles. The molecule has 0 aromatic heterocycles. The second-order valence-electron chi connectivity index (χ2n) is 9.63. The molecule has 1 saturated heterocycles. The van der Waals surface area contributed by atoms with Crippen LogP contribution in [0.3, 0.4) is 0 Å². The fraction of sp³-hybridized carbons (Fsp3) is 0.895. The number of aliphatic hydroxyl groups excluding tert-OH is 2. The van der Waals surface area contributed by atoms with Gasteiger partial charge < -0.3 is 20.1 Å². The van der Waals surface area contributed by atoms with Crippen molar-refractivity contribution >= 4 is 11.9 Å². The SMILES string of the molecule is C[C@H]1C[C@]23C[C@H]1C[C@H](O)C2[C@]12CC[C@H](O)C(C)(C(=O)O1)[C@H]2[C@@H]3C(=O)O. The van der Waals surface area contributed by atoms with Gasteiger partial charge in [0.15, 0.2) is 0 Å². The maximum Gasteiger partial charge on any atom is 0.315 e. The summed E-state index contributed by atoms with van der Waals surface area (Å²) in [4.78, 5) is 25.2. The molecule has 5 aliphatic rings. The van der Waals surface area contributed by atoms with E-state index in [2.05, 4.69) is 6.92 Å². The summed E-state index contributed by atoms with van der Waals surface area (Å²) in [6.45, 7) is 3.83. The molecule has 1 spiro atoms. The maximum absolute atomic E-state index is 12.8. The third-order valence-corrected chi connectivity index (χ3v) is 8.84. The minimum atomic E-state index is -1.19. The Kier molecular flexibility index (Phi) is 2.82. The maximum atomic E-state index is 12.8. The van der Waals surface area contributed by atoms with Gasteiger partial charge in [-0.1, -0.05) is 6.92 Å². The molecule has 10 atom stereocenters. The van der Waals surface area contributed by atoms with Gasteiger partial charge in [-0.15, -0.1) is 0 Å². The zero-order chi connectivity index (χ0) is 17.9. The Morgan fingerprint density at radius 3 is 2.64 bits per heavy atom. The third kappa shape index (κ3) is 1.48. The van der Waals surface area contributed by atoms with Crippen LogP contribution in [-0.2, 0) is 14.3 Å². The molecule has 0 aromatic carbocycles. The Morgan fingerprint density at radius 2 is 1.96 bits per heavy atom. The molecule has 2 unspecified atom stereocenters. The normalized spacial score (nSPS) is 61.6. The molecule has 0 aromatic rings. The molecule has 6 heteroatoms. The molecule has 138 valence electrons. The van der Waals surface area contributed by atoms with Crippen molar-refractivity contribution in [2.75, 3.05) is 0 Å². The Hall–Kier alpha value is -1.14. The number of aliphatic carboxylic acids is 1. The first-order valence-electron chi connectivity index (χ1n) is 9.51. The monoisotopic (exact) mass is 350 g/mol. The van der Waals surface area contributed by atoms with Crippen molar-refractivity contribution in [1.82, 2.24) is 0 Å². The van der Waals surface area contributed by atoms with Crippen LogP contribution in [0.1, 0.15) is 46.0 Å². The number of hydrogen-bond acceptors (Lipinski definition) is 5. The van der Waals surface area contributed by atoms with Crippen LogP contribution >= 0.6 is 0 Å². The number of esters is 1. The van der Waals surface area contributed by atoms with Crippen LogP contribution in [0.5, 0.6) is 0 Å². The molecule has 4 aliphatic carbocycles. The van der Waals surface area contributed by atoms with E-state index < -0.39 is 52.4 Å². The van der Waals surface area contributed by atoms with Gasteiger partial charge in [-0.25, -0.2) is 0 Å². The van der Waals surface area contributed by atoms with Crippen LogP contribution in [-0.4, -0.2) is 45.1 Å². The molecular weight excluding hydrogens is 324 g/mol. The fourth-order valence-electron chi connectivity index (χ4n) is 8.15. The van der Waals surface area contributed by atoms with Crippen molar-refractivity contribution < 1.29 is 29.6 Å². The van der Waals surface area contributed by atoms with Crippen molar-refractivity contribution in [2.45, 2.75) is 63.8 Å². The highest BCUT2D eigenvalue weighted by atomic mass is 16.6. The van der Waals surface area contributed by atoms with Crippen molar-refractivity contribution in [3.05, 3.63) is 0 Å². The summed E-state index contributed by atoms with van der Waals surface area (Å²) < 4.78 is 5.95. The summed E-state index contributed by atoms with van der Waals surface area (Å²) in [7, 11) is 0. The van der Waals surface area contributed by atoms with Gasteiger partial charge in [-0.2, -0.15) is 0 Å². The van der Waals surface area contributed by atoms with E-state index in [1.54, 1.807) is 6.92 Å². The highest BCUT2D eigenvalue weighted by Gasteiger charge is 2.84. The number of rotatable bonds is 1. The second-order valence-corrected chi connectivity index (χ2v) is 9.63. The van der Waals surface area contributed by atoms with Crippen LogP contribution in [0.25, 0.3) is 0 Å². The molecule has 5 fully saturated rings. The first-order valence-corrected chi connectivity index (χ1v) is 9.51. The summed E-state index contributed by atoms with van der Waals surface area (Å²) in [6, 6.07) is 0. The topological polar surface area (TPSA) is 104 Å². The molecular formula is C19H26O6. The van der Waals surface area contributed by atoms with Crippen molar-refractivity contribution in [3.8, 4) is 0 Å². The average molecular weight is 350 g/mol. The summed E-state index contributed by atoms with van der Waals surface area (Å²) in [5.74, 6) is -2.32. The second kappa shape index (κ2) is 4.39. The number of carbonyl (C=O) groups is 2. The van der Waals surface area contributed by atoms with Gasteiger partial charge in [0, 0.05) is 11.8 Å². The molecule has 0 amide bonds. The molecule has 1 heterocycles.